The summed E-state index contributed by atoms with van der Waals surface area (Å²) in [5.74, 6) is -0.916. The van der Waals surface area contributed by atoms with E-state index in [4.69, 9.17) is 14.2 Å². The summed E-state index contributed by atoms with van der Waals surface area (Å²) in [4.78, 5) is 35.6. The fourth-order valence-electron chi connectivity index (χ4n) is 4.07. The minimum absolute atomic E-state index is 0.223. The maximum absolute atomic E-state index is 12.3. The molecule has 8 nitrogen and oxygen atoms in total. The van der Waals surface area contributed by atoms with Crippen molar-refractivity contribution in [3.63, 3.8) is 0 Å². The number of aryl methyl sites for hydroxylation is 2. The molecule has 0 amide bonds. The maximum atomic E-state index is 12.3. The van der Waals surface area contributed by atoms with Gasteiger partial charge < -0.3 is 23.7 Å². The lowest BCUT2D eigenvalue weighted by Gasteiger charge is -2.37. The molecular weight excluding hydrogens is 464 g/mol. The molecule has 36 heavy (non-hydrogen) atoms. The number of hydrogen-bond donors (Lipinski definition) is 0. The van der Waals surface area contributed by atoms with Gasteiger partial charge in [0, 0.05) is 5.57 Å². The predicted octanol–water partition coefficient (Wildman–Crippen LogP) is 4.80. The zero-order valence-corrected chi connectivity index (χ0v) is 22.4. The van der Waals surface area contributed by atoms with Gasteiger partial charge >= 0.3 is 17.9 Å². The summed E-state index contributed by atoms with van der Waals surface area (Å²) < 4.78 is 25.8. The number of rotatable bonds is 11. The van der Waals surface area contributed by atoms with E-state index in [1.165, 1.54) is 11.1 Å². The first kappa shape index (κ1) is 28.9. The SMILES string of the molecule is COC(=O)C(OC(=O)/C(C)=C/CC/C(C)=C/CC[C@]1(C)CCc2cc(OC)cc(C)c2O1)C(=O)OC. The second-order valence-electron chi connectivity index (χ2n) is 9.33. The molecule has 0 saturated carbocycles. The van der Waals surface area contributed by atoms with Crippen LogP contribution in [0.3, 0.4) is 0 Å². The molecule has 1 aliphatic heterocycles. The van der Waals surface area contributed by atoms with Crippen molar-refractivity contribution in [1.82, 2.24) is 0 Å². The molecule has 0 saturated heterocycles. The van der Waals surface area contributed by atoms with Crippen LogP contribution in [0.15, 0.2) is 35.4 Å². The number of fused-ring (bicyclic) bond motifs is 1. The Balaban J connectivity index is 1.86. The van der Waals surface area contributed by atoms with Crippen molar-refractivity contribution in [3.05, 3.63) is 46.6 Å². The number of carbonyl (C=O) groups excluding carboxylic acids is 3. The first-order chi connectivity index (χ1) is 17.0. The summed E-state index contributed by atoms with van der Waals surface area (Å²) in [6.45, 7) is 7.84. The monoisotopic (exact) mass is 502 g/mol. The van der Waals surface area contributed by atoms with Crippen molar-refractivity contribution in [2.75, 3.05) is 21.3 Å². The number of hydrogen-bond acceptors (Lipinski definition) is 8. The highest BCUT2D eigenvalue weighted by Gasteiger charge is 2.33. The van der Waals surface area contributed by atoms with E-state index in [2.05, 4.69) is 35.5 Å². The quantitative estimate of drug-likeness (QED) is 0.140. The van der Waals surface area contributed by atoms with Gasteiger partial charge in [0.1, 0.15) is 17.1 Å². The van der Waals surface area contributed by atoms with Gasteiger partial charge in [-0.1, -0.05) is 17.7 Å². The van der Waals surface area contributed by atoms with Crippen LogP contribution in [0.2, 0.25) is 0 Å². The summed E-state index contributed by atoms with van der Waals surface area (Å²) in [6, 6.07) is 4.06. The van der Waals surface area contributed by atoms with Crippen LogP contribution < -0.4 is 9.47 Å². The number of ether oxygens (including phenoxy) is 5. The van der Waals surface area contributed by atoms with Crippen LogP contribution in [0.5, 0.6) is 11.5 Å². The van der Waals surface area contributed by atoms with Crippen molar-refractivity contribution in [2.45, 2.75) is 77.9 Å². The first-order valence-corrected chi connectivity index (χ1v) is 12.1. The van der Waals surface area contributed by atoms with Crippen molar-refractivity contribution in [2.24, 2.45) is 0 Å². The van der Waals surface area contributed by atoms with E-state index in [0.717, 1.165) is 63.4 Å². The van der Waals surface area contributed by atoms with Gasteiger partial charge in [-0.05, 0) is 89.5 Å². The topological polar surface area (TPSA) is 97.4 Å². The van der Waals surface area contributed by atoms with Gasteiger partial charge in [-0.2, -0.15) is 0 Å². The number of allylic oxidation sites excluding steroid dienone is 3. The minimum Gasteiger partial charge on any atom is -0.497 e. The van der Waals surface area contributed by atoms with Gasteiger partial charge in [-0.25, -0.2) is 14.4 Å². The molecule has 0 N–H and O–H groups in total. The van der Waals surface area contributed by atoms with Crippen LogP contribution in [0.4, 0.5) is 0 Å². The molecule has 0 spiro atoms. The molecule has 1 aromatic carbocycles. The van der Waals surface area contributed by atoms with Gasteiger partial charge in [0.15, 0.2) is 0 Å². The van der Waals surface area contributed by atoms with E-state index in [1.54, 1.807) is 20.1 Å². The van der Waals surface area contributed by atoms with E-state index in [-0.39, 0.29) is 5.60 Å². The van der Waals surface area contributed by atoms with E-state index < -0.39 is 24.0 Å². The Morgan fingerprint density at radius 2 is 1.72 bits per heavy atom. The molecule has 198 valence electrons. The summed E-state index contributed by atoms with van der Waals surface area (Å²) in [7, 11) is 3.88. The van der Waals surface area contributed by atoms with Crippen molar-refractivity contribution >= 4 is 17.9 Å². The van der Waals surface area contributed by atoms with E-state index in [1.807, 2.05) is 13.0 Å². The van der Waals surface area contributed by atoms with Gasteiger partial charge in [0.25, 0.3) is 6.10 Å². The Hall–Kier alpha value is -3.29. The zero-order valence-electron chi connectivity index (χ0n) is 22.4. The maximum Gasteiger partial charge on any atom is 0.359 e. The van der Waals surface area contributed by atoms with Crippen molar-refractivity contribution < 1.29 is 38.1 Å². The normalized spacial score (nSPS) is 17.7. The molecule has 1 heterocycles. The van der Waals surface area contributed by atoms with Crippen LogP contribution in [0.1, 0.15) is 64.0 Å². The number of methoxy groups -OCH3 is 3. The van der Waals surface area contributed by atoms with Crippen molar-refractivity contribution in [3.8, 4) is 11.5 Å². The lowest BCUT2D eigenvalue weighted by molar-refractivity contribution is -0.176. The van der Waals surface area contributed by atoms with Crippen LogP contribution in [0.25, 0.3) is 0 Å². The smallest absolute Gasteiger partial charge is 0.359 e. The van der Waals surface area contributed by atoms with E-state index in [0.29, 0.717) is 12.0 Å². The third kappa shape index (κ3) is 7.86. The Morgan fingerprint density at radius 1 is 1.06 bits per heavy atom. The number of benzene rings is 1. The summed E-state index contributed by atoms with van der Waals surface area (Å²) in [5.41, 5.74) is 3.57. The highest BCUT2D eigenvalue weighted by molar-refractivity contribution is 6.01. The molecule has 8 heteroatoms. The van der Waals surface area contributed by atoms with E-state index >= 15 is 0 Å². The fraction of sp³-hybridized carbons (Fsp3) is 0.536. The fourth-order valence-corrected chi connectivity index (χ4v) is 4.07. The highest BCUT2D eigenvalue weighted by Crippen LogP contribution is 2.40. The minimum atomic E-state index is -1.74. The molecular formula is C28H38O8. The van der Waals surface area contributed by atoms with Crippen LogP contribution in [0, 0.1) is 6.92 Å². The largest absolute Gasteiger partial charge is 0.497 e. The Kier molecular flexibility index (Phi) is 10.6. The molecule has 0 fully saturated rings. The standard InChI is InChI=1S/C28H38O8/c1-18(10-8-12-19(2)25(29)35-24(26(30)33-6)27(31)34-7)11-9-14-28(4)15-13-21-17-22(32-5)16-20(3)23(21)36-28/h11-12,16-17,24H,8-10,13-15H2,1-7H3/b18-11+,19-12+/t28-/m1/s1. The van der Waals surface area contributed by atoms with Crippen molar-refractivity contribution in [1.29, 1.82) is 0 Å². The van der Waals surface area contributed by atoms with Gasteiger partial charge in [-0.3, -0.25) is 0 Å². The lowest BCUT2D eigenvalue weighted by Crippen LogP contribution is -2.37. The van der Waals surface area contributed by atoms with Gasteiger partial charge in [-0.15, -0.1) is 0 Å². The molecule has 0 bridgehead atoms. The Bertz CT molecular complexity index is 1010. The molecule has 2 rings (SSSR count). The third-order valence-corrected chi connectivity index (χ3v) is 6.36. The Labute approximate surface area is 213 Å². The molecule has 0 aliphatic carbocycles. The zero-order chi connectivity index (χ0) is 26.9. The number of carbonyl (C=O) groups is 3. The van der Waals surface area contributed by atoms with Gasteiger partial charge in [0.05, 0.1) is 21.3 Å². The Morgan fingerprint density at radius 3 is 2.33 bits per heavy atom. The summed E-state index contributed by atoms with van der Waals surface area (Å²) >= 11 is 0. The highest BCUT2D eigenvalue weighted by atomic mass is 16.6. The molecule has 0 radical (unpaired) electrons. The van der Waals surface area contributed by atoms with Crippen LogP contribution in [-0.4, -0.2) is 50.9 Å². The molecule has 1 aliphatic rings. The van der Waals surface area contributed by atoms with Crippen LogP contribution >= 0.6 is 0 Å². The van der Waals surface area contributed by atoms with Crippen LogP contribution in [-0.2, 0) is 35.0 Å². The predicted molar refractivity (Wildman–Crippen MR) is 135 cm³/mol. The summed E-state index contributed by atoms with van der Waals surface area (Å²) in [5, 5.41) is 0. The van der Waals surface area contributed by atoms with Gasteiger partial charge in [0.2, 0.25) is 0 Å². The average molecular weight is 503 g/mol. The van der Waals surface area contributed by atoms with E-state index in [9.17, 15) is 14.4 Å². The second kappa shape index (κ2) is 13.1. The second-order valence-corrected chi connectivity index (χ2v) is 9.33. The summed E-state index contributed by atoms with van der Waals surface area (Å²) in [6.07, 6.45) is 7.27. The average Bonchev–Trinajstić information content (AvgIpc) is 2.86. The third-order valence-electron chi connectivity index (χ3n) is 6.36. The molecule has 0 aromatic heterocycles. The molecule has 1 aromatic rings. The lowest BCUT2D eigenvalue weighted by atomic mass is 9.87. The number of esters is 3. The first-order valence-electron chi connectivity index (χ1n) is 12.1. The molecule has 1 atom stereocenters. The molecule has 0 unspecified atom stereocenters.